The van der Waals surface area contributed by atoms with Crippen molar-refractivity contribution in [2.75, 3.05) is 19.7 Å². The smallest absolute Gasteiger partial charge is 0.396 e. The van der Waals surface area contributed by atoms with E-state index in [0.29, 0.717) is 19.2 Å². The highest BCUT2D eigenvalue weighted by Gasteiger charge is 2.37. The number of benzene rings is 1. The summed E-state index contributed by atoms with van der Waals surface area (Å²) >= 11 is 0. The first-order valence-corrected chi connectivity index (χ1v) is 7.88. The van der Waals surface area contributed by atoms with Gasteiger partial charge >= 0.3 is 6.18 Å². The summed E-state index contributed by atoms with van der Waals surface area (Å²) in [5.41, 5.74) is -1.61. The molecule has 0 saturated carbocycles. The molecule has 1 N–H and O–H groups in total. The molecule has 1 aliphatic heterocycles. The van der Waals surface area contributed by atoms with Crippen molar-refractivity contribution in [2.24, 2.45) is 5.41 Å². The van der Waals surface area contributed by atoms with Gasteiger partial charge in [-0.25, -0.2) is 0 Å². The summed E-state index contributed by atoms with van der Waals surface area (Å²) < 4.78 is 39.6. The second kappa shape index (κ2) is 7.06. The van der Waals surface area contributed by atoms with Gasteiger partial charge in [0.2, 0.25) is 0 Å². The van der Waals surface area contributed by atoms with Crippen LogP contribution >= 0.6 is 0 Å². The Morgan fingerprint density at radius 2 is 1.96 bits per heavy atom. The van der Waals surface area contributed by atoms with E-state index >= 15 is 0 Å². The Morgan fingerprint density at radius 3 is 2.42 bits per heavy atom. The highest BCUT2D eigenvalue weighted by atomic mass is 19.4. The maximum Gasteiger partial charge on any atom is 0.416 e. The predicted octanol–water partition coefficient (Wildman–Crippen LogP) is 3.60. The number of piperidine rings is 1. The van der Waals surface area contributed by atoms with Gasteiger partial charge in [0, 0.05) is 25.3 Å². The predicted molar refractivity (Wildman–Crippen MR) is 82.4 cm³/mol. The molecule has 1 saturated heterocycles. The van der Waals surface area contributed by atoms with E-state index in [4.69, 9.17) is 0 Å². The summed E-state index contributed by atoms with van der Waals surface area (Å²) in [5.74, 6) is 0. The van der Waals surface area contributed by atoms with Crippen LogP contribution in [0.2, 0.25) is 0 Å². The molecule has 1 aromatic rings. The largest absolute Gasteiger partial charge is 0.416 e. The van der Waals surface area contributed by atoms with Crippen LogP contribution in [0.4, 0.5) is 18.9 Å². The number of non-ortho nitro benzene ring substituents is 1. The minimum atomic E-state index is -4.63. The summed E-state index contributed by atoms with van der Waals surface area (Å²) in [6.45, 7) is 3.38. The zero-order chi connectivity index (χ0) is 18.0. The van der Waals surface area contributed by atoms with Crippen LogP contribution in [-0.4, -0.2) is 34.6 Å². The van der Waals surface area contributed by atoms with Gasteiger partial charge in [-0.1, -0.05) is 13.0 Å². The summed E-state index contributed by atoms with van der Waals surface area (Å²) in [7, 11) is 0. The van der Waals surface area contributed by atoms with E-state index < -0.39 is 22.4 Å². The summed E-state index contributed by atoms with van der Waals surface area (Å²) in [6.07, 6.45) is -2.33. The number of nitrogens with zero attached hydrogens (tertiary/aromatic N) is 2. The number of halogens is 3. The first-order chi connectivity index (χ1) is 11.2. The van der Waals surface area contributed by atoms with Crippen LogP contribution in [0.5, 0.6) is 0 Å². The second-order valence-corrected chi connectivity index (χ2v) is 6.38. The van der Waals surface area contributed by atoms with Crippen molar-refractivity contribution >= 4 is 5.69 Å². The fourth-order valence-electron chi connectivity index (χ4n) is 3.13. The van der Waals surface area contributed by atoms with E-state index in [2.05, 4.69) is 0 Å². The summed E-state index contributed by atoms with van der Waals surface area (Å²) in [6, 6.07) is 2.90. The molecule has 0 atom stereocenters. The number of rotatable bonds is 5. The third kappa shape index (κ3) is 4.05. The molecular formula is C16H21F3N2O3. The van der Waals surface area contributed by atoms with Crippen LogP contribution in [0.25, 0.3) is 0 Å². The number of hydrogen-bond acceptors (Lipinski definition) is 4. The van der Waals surface area contributed by atoms with Gasteiger partial charge in [0.25, 0.3) is 5.69 Å². The summed E-state index contributed by atoms with van der Waals surface area (Å²) in [5, 5.41) is 20.2. The Morgan fingerprint density at radius 1 is 1.33 bits per heavy atom. The number of alkyl halides is 3. The van der Waals surface area contributed by atoms with Crippen LogP contribution in [-0.2, 0) is 12.7 Å². The monoisotopic (exact) mass is 346 g/mol. The number of likely N-dealkylation sites (tertiary alicyclic amines) is 1. The molecule has 1 aromatic carbocycles. The summed E-state index contributed by atoms with van der Waals surface area (Å²) in [4.78, 5) is 11.8. The van der Waals surface area contributed by atoms with Crippen molar-refractivity contribution in [3.8, 4) is 0 Å². The molecule has 0 bridgehead atoms. The molecule has 0 unspecified atom stereocenters. The van der Waals surface area contributed by atoms with Crippen LogP contribution in [0.1, 0.15) is 37.3 Å². The van der Waals surface area contributed by atoms with E-state index in [1.54, 1.807) is 0 Å². The normalized spacial score (nSPS) is 18.5. The Kier molecular flexibility index (Phi) is 5.49. The number of nitro groups is 1. The highest BCUT2D eigenvalue weighted by molar-refractivity contribution is 5.41. The fraction of sp³-hybridized carbons (Fsp3) is 0.625. The maximum atomic E-state index is 13.2. The highest BCUT2D eigenvalue weighted by Crippen LogP contribution is 2.37. The average molecular weight is 346 g/mol. The molecule has 134 valence electrons. The van der Waals surface area contributed by atoms with Gasteiger partial charge < -0.3 is 5.11 Å². The second-order valence-electron chi connectivity index (χ2n) is 6.38. The van der Waals surface area contributed by atoms with Gasteiger partial charge in [0.1, 0.15) is 0 Å². The van der Waals surface area contributed by atoms with Crippen molar-refractivity contribution in [3.63, 3.8) is 0 Å². The van der Waals surface area contributed by atoms with Gasteiger partial charge in [0.15, 0.2) is 0 Å². The lowest BCUT2D eigenvalue weighted by Gasteiger charge is -2.40. The van der Waals surface area contributed by atoms with E-state index in [-0.39, 0.29) is 24.1 Å². The molecule has 1 heterocycles. The van der Waals surface area contributed by atoms with E-state index in [9.17, 15) is 28.4 Å². The maximum absolute atomic E-state index is 13.2. The molecule has 0 amide bonds. The van der Waals surface area contributed by atoms with Crippen molar-refractivity contribution in [2.45, 2.75) is 38.9 Å². The van der Waals surface area contributed by atoms with Crippen molar-refractivity contribution in [1.29, 1.82) is 0 Å². The van der Waals surface area contributed by atoms with Crippen molar-refractivity contribution in [1.82, 2.24) is 4.90 Å². The molecule has 1 aliphatic rings. The van der Waals surface area contributed by atoms with Gasteiger partial charge in [-0.15, -0.1) is 0 Å². The van der Waals surface area contributed by atoms with Gasteiger partial charge in [-0.05, 0) is 43.3 Å². The lowest BCUT2D eigenvalue weighted by Crippen LogP contribution is -2.41. The third-order valence-corrected chi connectivity index (χ3v) is 5.01. The topological polar surface area (TPSA) is 66.6 Å². The average Bonchev–Trinajstić information content (AvgIpc) is 2.55. The first kappa shape index (κ1) is 18.7. The first-order valence-electron chi connectivity index (χ1n) is 7.88. The standard InChI is InChI=1S/C16H21F3N2O3/c1-2-15(11-22)5-7-20(8-6-15)10-12-3-4-13(21(23)24)9-14(12)16(17,18)19/h3-4,9,22H,2,5-8,10-11H2,1H3. The molecule has 0 spiro atoms. The molecule has 2 rings (SSSR count). The lowest BCUT2D eigenvalue weighted by atomic mass is 9.77. The molecule has 0 aromatic heterocycles. The minimum Gasteiger partial charge on any atom is -0.396 e. The van der Waals surface area contributed by atoms with Gasteiger partial charge in [-0.3, -0.25) is 15.0 Å². The van der Waals surface area contributed by atoms with E-state index in [0.717, 1.165) is 25.3 Å². The van der Waals surface area contributed by atoms with Gasteiger partial charge in [-0.2, -0.15) is 13.2 Å². The van der Waals surface area contributed by atoms with E-state index in [1.165, 1.54) is 6.07 Å². The Bertz CT molecular complexity index is 591. The number of aliphatic hydroxyl groups is 1. The Hall–Kier alpha value is -1.67. The number of hydrogen-bond donors (Lipinski definition) is 1. The van der Waals surface area contributed by atoms with Crippen LogP contribution < -0.4 is 0 Å². The third-order valence-electron chi connectivity index (χ3n) is 5.01. The Labute approximate surface area is 138 Å². The number of nitro benzene ring substituents is 1. The quantitative estimate of drug-likeness (QED) is 0.653. The Balaban J connectivity index is 2.17. The molecule has 1 fully saturated rings. The molecule has 0 radical (unpaired) electrons. The van der Waals surface area contributed by atoms with Crippen LogP contribution in [0.15, 0.2) is 18.2 Å². The lowest BCUT2D eigenvalue weighted by molar-refractivity contribution is -0.385. The van der Waals surface area contributed by atoms with Crippen molar-refractivity contribution < 1.29 is 23.2 Å². The zero-order valence-corrected chi connectivity index (χ0v) is 13.5. The molecular weight excluding hydrogens is 325 g/mol. The molecule has 24 heavy (non-hydrogen) atoms. The van der Waals surface area contributed by atoms with Gasteiger partial charge in [0.05, 0.1) is 10.5 Å². The molecule has 8 heteroatoms. The molecule has 5 nitrogen and oxygen atoms in total. The van der Waals surface area contributed by atoms with Crippen LogP contribution in [0, 0.1) is 15.5 Å². The molecule has 0 aliphatic carbocycles. The van der Waals surface area contributed by atoms with E-state index in [1.807, 2.05) is 11.8 Å². The van der Waals surface area contributed by atoms with Crippen molar-refractivity contribution in [3.05, 3.63) is 39.4 Å². The number of aliphatic hydroxyl groups excluding tert-OH is 1. The van der Waals surface area contributed by atoms with Crippen LogP contribution in [0.3, 0.4) is 0 Å². The SMILES string of the molecule is CCC1(CO)CCN(Cc2ccc([N+](=O)[O-])cc2C(F)(F)F)CC1. The minimum absolute atomic E-state index is 0.0427. The fourth-order valence-corrected chi connectivity index (χ4v) is 3.13. The zero-order valence-electron chi connectivity index (χ0n) is 13.5.